The molecule has 11 heteroatoms. The van der Waals surface area contributed by atoms with Gasteiger partial charge in [0.25, 0.3) is 0 Å². The summed E-state index contributed by atoms with van der Waals surface area (Å²) in [5.41, 5.74) is 1.64. The second kappa shape index (κ2) is 12.0. The fraction of sp³-hybridized carbons (Fsp3) is 0.150. The molecule has 0 aliphatic rings. The Hall–Kier alpha value is -2.94. The van der Waals surface area contributed by atoms with E-state index in [1.54, 1.807) is 24.3 Å². The molecule has 3 rings (SSSR count). The van der Waals surface area contributed by atoms with Crippen LogP contribution in [0.25, 0.3) is 11.5 Å². The number of allylic oxidation sites excluding steroid dienone is 1. The number of benzene rings is 2. The molecule has 0 amide bonds. The van der Waals surface area contributed by atoms with Crippen molar-refractivity contribution >= 4 is 46.3 Å². The number of H-pyrrole nitrogens is 1. The van der Waals surface area contributed by atoms with E-state index in [9.17, 15) is 0 Å². The summed E-state index contributed by atoms with van der Waals surface area (Å²) in [6.07, 6.45) is 5.55. The third-order valence-corrected chi connectivity index (χ3v) is 4.65. The molecular formula is C20H18Cl3N3O5. The van der Waals surface area contributed by atoms with Gasteiger partial charge in [0, 0.05) is 22.5 Å². The number of ether oxygens (including phenoxy) is 2. The van der Waals surface area contributed by atoms with Crippen molar-refractivity contribution in [3.8, 4) is 5.75 Å². The zero-order valence-electron chi connectivity index (χ0n) is 16.3. The van der Waals surface area contributed by atoms with E-state index >= 15 is 0 Å². The molecular weight excluding hydrogens is 469 g/mol. The van der Waals surface area contributed by atoms with Crippen molar-refractivity contribution < 1.29 is 19.1 Å². The van der Waals surface area contributed by atoms with Crippen LogP contribution in [0.3, 0.4) is 0 Å². The smallest absolute Gasteiger partial charge is 0.246 e. The summed E-state index contributed by atoms with van der Waals surface area (Å²) in [6.45, 7) is 2.68. The number of nitrogens with zero attached hydrogens (tertiary/aromatic N) is 2. The first-order chi connectivity index (χ1) is 14.8. The van der Waals surface area contributed by atoms with E-state index in [0.29, 0.717) is 34.0 Å². The van der Waals surface area contributed by atoms with Crippen LogP contribution in [-0.2, 0) is 4.74 Å². The van der Waals surface area contributed by atoms with Crippen molar-refractivity contribution in [3.63, 3.8) is 0 Å². The predicted octanol–water partition coefficient (Wildman–Crippen LogP) is 5.46. The van der Waals surface area contributed by atoms with Crippen LogP contribution in [-0.4, -0.2) is 23.3 Å². The molecule has 1 N–H and O–H groups in total. The van der Waals surface area contributed by atoms with Gasteiger partial charge in [0.1, 0.15) is 37.1 Å². The lowest BCUT2D eigenvalue weighted by Gasteiger charge is -2.14. The van der Waals surface area contributed by atoms with E-state index in [4.69, 9.17) is 59.6 Å². The van der Waals surface area contributed by atoms with Crippen molar-refractivity contribution in [2.24, 2.45) is 0 Å². The summed E-state index contributed by atoms with van der Waals surface area (Å²) in [7, 11) is 0. The van der Waals surface area contributed by atoms with Gasteiger partial charge in [-0.2, -0.15) is 0 Å². The highest BCUT2D eigenvalue weighted by Crippen LogP contribution is 2.30. The first-order valence-corrected chi connectivity index (χ1v) is 9.94. The first kappa shape index (κ1) is 24.3. The summed E-state index contributed by atoms with van der Waals surface area (Å²) in [5.74, 6) is 1.38. The van der Waals surface area contributed by atoms with E-state index in [1.807, 2.05) is 48.4 Å². The summed E-state index contributed by atoms with van der Waals surface area (Å²) in [4.78, 5) is 11.3. The van der Waals surface area contributed by atoms with Gasteiger partial charge < -0.3 is 24.8 Å². The van der Waals surface area contributed by atoms with Crippen LogP contribution in [0.5, 0.6) is 5.75 Å². The summed E-state index contributed by atoms with van der Waals surface area (Å²) in [6, 6.07) is 12.5. The van der Waals surface area contributed by atoms with Gasteiger partial charge in [0.2, 0.25) is 6.33 Å². The standard InChI is InChI=1S/C20H17Cl3N2O2.NO3/c1-14(25-9-8-24-13-25)20(18-7-4-16(22)12-19(18)23)27-11-10-26-17-5-2-15(21)3-6-17;2-1(3)4/h2-9,12-13H,10-11H2,1H3;/q;-1/p+1/b20-14+;. The van der Waals surface area contributed by atoms with Gasteiger partial charge in [0.15, 0.2) is 5.76 Å². The molecule has 0 saturated heterocycles. The zero-order valence-corrected chi connectivity index (χ0v) is 18.5. The van der Waals surface area contributed by atoms with Crippen LogP contribution in [0, 0.1) is 15.3 Å². The van der Waals surface area contributed by atoms with Gasteiger partial charge in [0.05, 0.1) is 10.1 Å². The number of hydrogen-bond acceptors (Lipinski definition) is 5. The van der Waals surface area contributed by atoms with Crippen LogP contribution in [0.15, 0.2) is 61.2 Å². The number of aromatic amines is 1. The van der Waals surface area contributed by atoms with E-state index < -0.39 is 5.09 Å². The zero-order chi connectivity index (χ0) is 22.8. The van der Waals surface area contributed by atoms with Crippen molar-refractivity contribution in [2.45, 2.75) is 6.92 Å². The lowest BCUT2D eigenvalue weighted by atomic mass is 10.1. The Bertz CT molecular complexity index is 1020. The van der Waals surface area contributed by atoms with E-state index in [2.05, 4.69) is 4.98 Å². The number of rotatable bonds is 7. The molecule has 1 heterocycles. The lowest BCUT2D eigenvalue weighted by Crippen LogP contribution is -2.29. The Morgan fingerprint density at radius 1 is 1.06 bits per heavy atom. The Kier molecular flexibility index (Phi) is 9.45. The summed E-state index contributed by atoms with van der Waals surface area (Å²) >= 11 is 18.3. The fourth-order valence-electron chi connectivity index (χ4n) is 2.50. The third kappa shape index (κ3) is 8.01. The summed E-state index contributed by atoms with van der Waals surface area (Å²) in [5, 5.41) is 16.5. The number of imidazole rings is 1. The van der Waals surface area contributed by atoms with Crippen LogP contribution in [0.4, 0.5) is 0 Å². The molecule has 2 aromatic carbocycles. The molecule has 164 valence electrons. The fourth-order valence-corrected chi connectivity index (χ4v) is 3.12. The maximum Gasteiger partial charge on any atom is 0.246 e. The van der Waals surface area contributed by atoms with Crippen LogP contribution < -0.4 is 9.30 Å². The molecule has 0 aliphatic heterocycles. The lowest BCUT2D eigenvalue weighted by molar-refractivity contribution is -0.579. The monoisotopic (exact) mass is 485 g/mol. The maximum atomic E-state index is 8.25. The quantitative estimate of drug-likeness (QED) is 0.157. The number of nitrogens with one attached hydrogen (secondary N) is 1. The van der Waals surface area contributed by atoms with Crippen molar-refractivity contribution in [1.82, 2.24) is 4.98 Å². The highest BCUT2D eigenvalue weighted by atomic mass is 35.5. The predicted molar refractivity (Wildman–Crippen MR) is 119 cm³/mol. The van der Waals surface area contributed by atoms with Gasteiger partial charge in [-0.15, -0.1) is 0 Å². The molecule has 8 nitrogen and oxygen atoms in total. The topological polar surface area (TPSA) is 104 Å². The molecule has 3 aromatic rings. The molecule has 0 unspecified atom stereocenters. The molecule has 0 saturated carbocycles. The molecule has 31 heavy (non-hydrogen) atoms. The van der Waals surface area contributed by atoms with Gasteiger partial charge in [-0.05, 0) is 42.5 Å². The van der Waals surface area contributed by atoms with Crippen LogP contribution >= 0.6 is 34.8 Å². The van der Waals surface area contributed by atoms with Crippen LogP contribution in [0.1, 0.15) is 12.5 Å². The van der Waals surface area contributed by atoms with Crippen LogP contribution in [0.2, 0.25) is 15.1 Å². The number of hydrogen-bond donors (Lipinski definition) is 1. The van der Waals surface area contributed by atoms with Gasteiger partial charge >= 0.3 is 0 Å². The Balaban J connectivity index is 0.000000785. The van der Waals surface area contributed by atoms with E-state index in [1.165, 1.54) is 0 Å². The average molecular weight is 487 g/mol. The minimum Gasteiger partial charge on any atom is -0.490 e. The summed E-state index contributed by atoms with van der Waals surface area (Å²) < 4.78 is 13.7. The van der Waals surface area contributed by atoms with E-state index in [0.717, 1.165) is 17.0 Å². The second-order valence-corrected chi connectivity index (χ2v) is 7.21. The normalized spacial score (nSPS) is 11.1. The molecule has 0 aliphatic carbocycles. The molecule has 0 spiro atoms. The largest absolute Gasteiger partial charge is 0.490 e. The highest BCUT2D eigenvalue weighted by Gasteiger charge is 2.16. The van der Waals surface area contributed by atoms with E-state index in [-0.39, 0.29) is 0 Å². The maximum absolute atomic E-state index is 8.25. The molecule has 0 atom stereocenters. The van der Waals surface area contributed by atoms with Crippen molar-refractivity contribution in [1.29, 1.82) is 0 Å². The first-order valence-electron chi connectivity index (χ1n) is 8.81. The van der Waals surface area contributed by atoms with Crippen molar-refractivity contribution in [3.05, 3.63) is 97.1 Å². The number of aromatic nitrogens is 2. The second-order valence-electron chi connectivity index (χ2n) is 5.93. The Labute approximate surface area is 193 Å². The SMILES string of the molecule is C/C(=C(\OCCOc1ccc(Cl)cc1)c1ccc(Cl)cc1Cl)[n+]1cc[nH]c1.O=[N+]([O-])[O-]. The Morgan fingerprint density at radius 2 is 1.71 bits per heavy atom. The van der Waals surface area contributed by atoms with Gasteiger partial charge in [-0.1, -0.05) is 34.8 Å². The third-order valence-electron chi connectivity index (χ3n) is 3.85. The number of halogens is 3. The minimum absolute atomic E-state index is 0.346. The molecule has 0 radical (unpaired) electrons. The Morgan fingerprint density at radius 3 is 2.29 bits per heavy atom. The highest BCUT2D eigenvalue weighted by molar-refractivity contribution is 6.35. The molecule has 0 fully saturated rings. The molecule has 0 bridgehead atoms. The van der Waals surface area contributed by atoms with Crippen molar-refractivity contribution in [2.75, 3.05) is 13.2 Å². The average Bonchev–Trinajstić information content (AvgIpc) is 3.24. The minimum atomic E-state index is -1.75. The van der Waals surface area contributed by atoms with Gasteiger partial charge in [-0.3, -0.25) is 0 Å². The molecule has 1 aromatic heterocycles. The van der Waals surface area contributed by atoms with Gasteiger partial charge in [-0.25, -0.2) is 9.55 Å².